The second kappa shape index (κ2) is 5.89. The number of aromatic nitrogens is 1. The Morgan fingerprint density at radius 3 is 2.70 bits per heavy atom. The summed E-state index contributed by atoms with van der Waals surface area (Å²) in [5.41, 5.74) is 1.40. The summed E-state index contributed by atoms with van der Waals surface area (Å²) >= 11 is 0. The Hall–Kier alpha value is -3.20. The summed E-state index contributed by atoms with van der Waals surface area (Å²) < 4.78 is 27.7. The van der Waals surface area contributed by atoms with Crippen LogP contribution in [0.1, 0.15) is 5.56 Å². The van der Waals surface area contributed by atoms with Gasteiger partial charge in [0, 0.05) is 28.9 Å². The number of carbonyl (C=O) groups is 1. The maximum absolute atomic E-state index is 13.1. The molecule has 6 heteroatoms. The summed E-state index contributed by atoms with van der Waals surface area (Å²) in [6.07, 6.45) is 1.59. The molecule has 1 N–H and O–H groups in total. The molecule has 1 aromatic heterocycles. The van der Waals surface area contributed by atoms with E-state index >= 15 is 0 Å². The molecule has 0 aliphatic rings. The highest BCUT2D eigenvalue weighted by Gasteiger charge is 2.11. The molecule has 4 nitrogen and oxygen atoms in total. The van der Waals surface area contributed by atoms with Crippen LogP contribution in [-0.2, 0) is 11.3 Å². The van der Waals surface area contributed by atoms with E-state index in [2.05, 4.69) is 11.4 Å². The molecule has 0 saturated carbocycles. The van der Waals surface area contributed by atoms with Crippen molar-refractivity contribution in [3.8, 4) is 6.07 Å². The van der Waals surface area contributed by atoms with Crippen molar-refractivity contribution in [2.75, 3.05) is 5.32 Å². The van der Waals surface area contributed by atoms with E-state index in [4.69, 9.17) is 5.26 Å². The van der Waals surface area contributed by atoms with E-state index in [-0.39, 0.29) is 12.2 Å². The zero-order valence-electron chi connectivity index (χ0n) is 11.9. The van der Waals surface area contributed by atoms with Crippen molar-refractivity contribution in [3.05, 3.63) is 65.9 Å². The third-order valence-electron chi connectivity index (χ3n) is 3.43. The molecule has 0 aliphatic heterocycles. The lowest BCUT2D eigenvalue weighted by molar-refractivity contribution is -0.116. The number of amides is 1. The average molecular weight is 311 g/mol. The van der Waals surface area contributed by atoms with Gasteiger partial charge in [0.25, 0.3) is 0 Å². The number of nitriles is 1. The lowest BCUT2D eigenvalue weighted by Crippen LogP contribution is -2.18. The maximum atomic E-state index is 13.1. The van der Waals surface area contributed by atoms with E-state index in [0.29, 0.717) is 5.56 Å². The van der Waals surface area contributed by atoms with Crippen molar-refractivity contribution in [1.82, 2.24) is 4.57 Å². The molecule has 0 saturated heterocycles. The third kappa shape index (κ3) is 2.90. The number of hydrogen-bond donors (Lipinski definition) is 1. The number of nitrogens with one attached hydrogen (secondary N) is 1. The van der Waals surface area contributed by atoms with Gasteiger partial charge in [-0.3, -0.25) is 4.79 Å². The van der Waals surface area contributed by atoms with E-state index in [0.717, 1.165) is 23.0 Å². The van der Waals surface area contributed by atoms with E-state index in [1.165, 1.54) is 6.07 Å². The zero-order chi connectivity index (χ0) is 16.4. The van der Waals surface area contributed by atoms with E-state index in [9.17, 15) is 13.6 Å². The van der Waals surface area contributed by atoms with Gasteiger partial charge in [0.2, 0.25) is 5.91 Å². The van der Waals surface area contributed by atoms with Crippen molar-refractivity contribution in [2.24, 2.45) is 0 Å². The first-order chi connectivity index (χ1) is 11.1. The summed E-state index contributed by atoms with van der Waals surface area (Å²) in [6.45, 7) is -0.0405. The lowest BCUT2D eigenvalue weighted by Gasteiger charge is -2.07. The highest BCUT2D eigenvalue weighted by Crippen LogP contribution is 2.20. The Morgan fingerprint density at radius 1 is 1.17 bits per heavy atom. The predicted molar refractivity (Wildman–Crippen MR) is 81.6 cm³/mol. The highest BCUT2D eigenvalue weighted by atomic mass is 19.2. The number of hydrogen-bond acceptors (Lipinski definition) is 2. The van der Waals surface area contributed by atoms with Crippen LogP contribution in [0.5, 0.6) is 0 Å². The molecular weight excluding hydrogens is 300 g/mol. The van der Waals surface area contributed by atoms with Crippen LogP contribution >= 0.6 is 0 Å². The zero-order valence-corrected chi connectivity index (χ0v) is 11.9. The smallest absolute Gasteiger partial charge is 0.244 e. The number of anilines is 1. The monoisotopic (exact) mass is 311 g/mol. The largest absolute Gasteiger partial charge is 0.337 e. The van der Waals surface area contributed by atoms with Crippen LogP contribution in [0.2, 0.25) is 0 Å². The molecule has 1 heterocycles. The average Bonchev–Trinajstić information content (AvgIpc) is 2.89. The quantitative estimate of drug-likeness (QED) is 0.805. The van der Waals surface area contributed by atoms with Crippen molar-refractivity contribution < 1.29 is 13.6 Å². The number of para-hydroxylation sites is 1. The van der Waals surface area contributed by atoms with Gasteiger partial charge in [-0.05, 0) is 18.2 Å². The van der Waals surface area contributed by atoms with Crippen molar-refractivity contribution in [1.29, 1.82) is 5.26 Å². The summed E-state index contributed by atoms with van der Waals surface area (Å²) in [5.74, 6) is -2.40. The Kier molecular flexibility index (Phi) is 3.77. The normalized spacial score (nSPS) is 10.5. The van der Waals surface area contributed by atoms with E-state index in [1.807, 2.05) is 12.1 Å². The number of rotatable bonds is 3. The first kappa shape index (κ1) is 14.7. The minimum atomic E-state index is -1.03. The van der Waals surface area contributed by atoms with Gasteiger partial charge in [0.05, 0.1) is 5.56 Å². The van der Waals surface area contributed by atoms with Crippen LogP contribution in [0.15, 0.2) is 48.7 Å². The van der Waals surface area contributed by atoms with Crippen molar-refractivity contribution in [3.63, 3.8) is 0 Å². The molecule has 2 aromatic carbocycles. The summed E-state index contributed by atoms with van der Waals surface area (Å²) in [4.78, 5) is 12.1. The fraction of sp³-hybridized carbons (Fsp3) is 0.0588. The molecule has 1 amide bonds. The minimum absolute atomic E-state index is 0.0405. The second-order valence-electron chi connectivity index (χ2n) is 4.98. The number of halogens is 2. The van der Waals surface area contributed by atoms with Gasteiger partial charge in [-0.2, -0.15) is 5.26 Å². The lowest BCUT2D eigenvalue weighted by atomic mass is 10.2. The first-order valence-corrected chi connectivity index (χ1v) is 6.81. The van der Waals surface area contributed by atoms with Crippen LogP contribution in [-0.4, -0.2) is 10.5 Å². The molecule has 3 aromatic rings. The topological polar surface area (TPSA) is 57.8 Å². The molecular formula is C17H11F2N3O. The van der Waals surface area contributed by atoms with E-state index in [1.54, 1.807) is 22.9 Å². The van der Waals surface area contributed by atoms with Crippen molar-refractivity contribution in [2.45, 2.75) is 6.54 Å². The molecule has 3 rings (SSSR count). The predicted octanol–water partition coefficient (Wildman–Crippen LogP) is 3.43. The van der Waals surface area contributed by atoms with Gasteiger partial charge >= 0.3 is 0 Å². The van der Waals surface area contributed by atoms with Crippen LogP contribution in [0.4, 0.5) is 14.5 Å². The van der Waals surface area contributed by atoms with Crippen LogP contribution in [0, 0.1) is 23.0 Å². The van der Waals surface area contributed by atoms with Gasteiger partial charge < -0.3 is 9.88 Å². The van der Waals surface area contributed by atoms with E-state index < -0.39 is 17.5 Å². The van der Waals surface area contributed by atoms with Crippen molar-refractivity contribution >= 4 is 22.5 Å². The number of benzene rings is 2. The Bertz CT molecular complexity index is 941. The van der Waals surface area contributed by atoms with Gasteiger partial charge in [-0.25, -0.2) is 8.78 Å². The maximum Gasteiger partial charge on any atom is 0.244 e. The fourth-order valence-electron chi connectivity index (χ4n) is 2.40. The van der Waals surface area contributed by atoms with Gasteiger partial charge in [-0.1, -0.05) is 18.2 Å². The Balaban J connectivity index is 1.83. The number of nitrogens with zero attached hydrogens (tertiary/aromatic N) is 2. The Morgan fingerprint density at radius 2 is 1.96 bits per heavy atom. The summed E-state index contributed by atoms with van der Waals surface area (Å²) in [7, 11) is 0. The molecule has 0 fully saturated rings. The Labute approximate surface area is 130 Å². The second-order valence-corrected chi connectivity index (χ2v) is 4.98. The fourth-order valence-corrected chi connectivity index (χ4v) is 2.40. The molecule has 114 valence electrons. The number of fused-ring (bicyclic) bond motifs is 1. The third-order valence-corrected chi connectivity index (χ3v) is 3.43. The highest BCUT2D eigenvalue weighted by molar-refractivity contribution is 5.93. The SMILES string of the molecule is N#Cc1cn(CC(=O)Nc2ccc(F)c(F)c2)c2ccccc12. The summed E-state index contributed by atoms with van der Waals surface area (Å²) in [5, 5.41) is 12.4. The molecule has 0 bridgehead atoms. The minimum Gasteiger partial charge on any atom is -0.337 e. The molecule has 0 aliphatic carbocycles. The van der Waals surface area contributed by atoms with Gasteiger partial charge in [0.15, 0.2) is 11.6 Å². The molecule has 0 spiro atoms. The number of carbonyl (C=O) groups excluding carboxylic acids is 1. The van der Waals surface area contributed by atoms with Gasteiger partial charge in [0.1, 0.15) is 12.6 Å². The molecule has 23 heavy (non-hydrogen) atoms. The standard InChI is InChI=1S/C17H11F2N3O/c18-14-6-5-12(7-15(14)19)21-17(23)10-22-9-11(8-20)13-3-1-2-4-16(13)22/h1-7,9H,10H2,(H,21,23). The first-order valence-electron chi connectivity index (χ1n) is 6.81. The molecule has 0 unspecified atom stereocenters. The molecule has 0 atom stereocenters. The van der Waals surface area contributed by atoms with Crippen LogP contribution < -0.4 is 5.32 Å². The molecule has 0 radical (unpaired) electrons. The van der Waals surface area contributed by atoms with Gasteiger partial charge in [-0.15, -0.1) is 0 Å². The van der Waals surface area contributed by atoms with Crippen LogP contribution in [0.3, 0.4) is 0 Å². The summed E-state index contributed by atoms with van der Waals surface area (Å²) in [6, 6.07) is 12.5. The van der Waals surface area contributed by atoms with Crippen LogP contribution in [0.25, 0.3) is 10.9 Å².